The van der Waals surface area contributed by atoms with Crippen LogP contribution in [0.2, 0.25) is 0 Å². The number of imide groups is 1. The van der Waals surface area contributed by atoms with Crippen molar-refractivity contribution in [1.29, 1.82) is 0 Å². The molecule has 0 bridgehead atoms. The highest BCUT2D eigenvalue weighted by Crippen LogP contribution is 2.36. The lowest BCUT2D eigenvalue weighted by Gasteiger charge is -2.38. The second-order valence-electron chi connectivity index (χ2n) is 10.3. The molecule has 0 saturated carbocycles. The van der Waals surface area contributed by atoms with Gasteiger partial charge in [0, 0.05) is 26.0 Å². The van der Waals surface area contributed by atoms with Gasteiger partial charge in [-0.2, -0.15) is 0 Å². The zero-order valence-electron chi connectivity index (χ0n) is 18.4. The van der Waals surface area contributed by atoms with Gasteiger partial charge in [0.2, 0.25) is 11.8 Å². The van der Waals surface area contributed by atoms with E-state index in [1.807, 2.05) is 13.8 Å². The number of ether oxygens (including phenoxy) is 1. The summed E-state index contributed by atoms with van der Waals surface area (Å²) in [6.07, 6.45) is 4.69. The summed E-state index contributed by atoms with van der Waals surface area (Å²) >= 11 is 0. The van der Waals surface area contributed by atoms with Gasteiger partial charge in [0.25, 0.3) is 0 Å². The number of likely N-dealkylation sites (tertiary alicyclic amines) is 1. The zero-order valence-corrected chi connectivity index (χ0v) is 18.4. The Bertz CT molecular complexity index is 476. The lowest BCUT2D eigenvalue weighted by Crippen LogP contribution is -2.48. The first-order valence-corrected chi connectivity index (χ1v) is 10.3. The number of hydrogen-bond acceptors (Lipinski definition) is 3. The summed E-state index contributed by atoms with van der Waals surface area (Å²) in [6, 6.07) is 0. The summed E-state index contributed by atoms with van der Waals surface area (Å²) in [5.74, 6) is 0.627. The molecule has 1 aliphatic rings. The fourth-order valence-corrected chi connectivity index (χ4v) is 3.89. The normalized spacial score (nSPS) is 18.7. The van der Waals surface area contributed by atoms with Crippen LogP contribution in [0.25, 0.3) is 0 Å². The summed E-state index contributed by atoms with van der Waals surface area (Å²) < 4.78 is 6.12. The quantitative estimate of drug-likeness (QED) is 0.499. The van der Waals surface area contributed by atoms with Gasteiger partial charge in [-0.3, -0.25) is 14.5 Å². The van der Waals surface area contributed by atoms with E-state index in [1.54, 1.807) is 0 Å². The molecule has 2 amide bonds. The molecule has 152 valence electrons. The second kappa shape index (κ2) is 8.86. The Morgan fingerprint density at radius 2 is 1.62 bits per heavy atom. The van der Waals surface area contributed by atoms with Crippen LogP contribution in [0.1, 0.15) is 93.9 Å². The molecule has 4 heteroatoms. The maximum absolute atomic E-state index is 12.4. The van der Waals surface area contributed by atoms with Gasteiger partial charge in [-0.05, 0) is 56.3 Å². The number of rotatable bonds is 10. The largest absolute Gasteiger partial charge is 0.375 e. The number of hydrogen-bond donors (Lipinski definition) is 0. The Labute approximate surface area is 161 Å². The average Bonchev–Trinajstić information content (AvgIpc) is 2.44. The summed E-state index contributed by atoms with van der Waals surface area (Å²) in [5, 5.41) is 0. The van der Waals surface area contributed by atoms with Crippen molar-refractivity contribution >= 4 is 11.8 Å². The SMILES string of the molecule is CCC1(C)CC(=O)N(CCC(C)(C)OCCC(C)(C)CC(C)C)C(=O)C1. The summed E-state index contributed by atoms with van der Waals surface area (Å²) in [4.78, 5) is 26.3. The van der Waals surface area contributed by atoms with E-state index >= 15 is 0 Å². The Morgan fingerprint density at radius 3 is 2.08 bits per heavy atom. The third-order valence-electron chi connectivity index (χ3n) is 5.78. The number of amides is 2. The minimum Gasteiger partial charge on any atom is -0.375 e. The van der Waals surface area contributed by atoms with Crippen LogP contribution < -0.4 is 0 Å². The predicted octanol–water partition coefficient (Wildman–Crippen LogP) is 5.20. The molecule has 0 atom stereocenters. The molecule has 0 aromatic rings. The Kier molecular flexibility index (Phi) is 7.88. The molecule has 26 heavy (non-hydrogen) atoms. The Hall–Kier alpha value is -0.900. The van der Waals surface area contributed by atoms with E-state index in [1.165, 1.54) is 11.3 Å². The van der Waals surface area contributed by atoms with Gasteiger partial charge in [0.1, 0.15) is 0 Å². The lowest BCUT2D eigenvalue weighted by atomic mass is 9.77. The van der Waals surface area contributed by atoms with Crippen molar-refractivity contribution in [2.24, 2.45) is 16.7 Å². The number of piperidine rings is 1. The number of nitrogens with zero attached hydrogens (tertiary/aromatic N) is 1. The molecule has 0 radical (unpaired) electrons. The molecule has 0 N–H and O–H groups in total. The second-order valence-corrected chi connectivity index (χ2v) is 10.3. The minimum absolute atomic E-state index is 0.0283. The molecule has 1 fully saturated rings. The van der Waals surface area contributed by atoms with Crippen molar-refractivity contribution in [1.82, 2.24) is 4.90 Å². The Balaban J connectivity index is 2.48. The van der Waals surface area contributed by atoms with Gasteiger partial charge in [0.15, 0.2) is 0 Å². The monoisotopic (exact) mass is 367 g/mol. The van der Waals surface area contributed by atoms with Gasteiger partial charge in [0.05, 0.1) is 5.60 Å². The van der Waals surface area contributed by atoms with Gasteiger partial charge in [-0.15, -0.1) is 0 Å². The maximum Gasteiger partial charge on any atom is 0.229 e. The van der Waals surface area contributed by atoms with Crippen molar-refractivity contribution < 1.29 is 14.3 Å². The highest BCUT2D eigenvalue weighted by Gasteiger charge is 2.39. The topological polar surface area (TPSA) is 46.6 Å². The van der Waals surface area contributed by atoms with Crippen LogP contribution in [0, 0.1) is 16.7 Å². The van der Waals surface area contributed by atoms with Crippen LogP contribution in [-0.2, 0) is 14.3 Å². The first-order valence-electron chi connectivity index (χ1n) is 10.3. The van der Waals surface area contributed by atoms with Crippen LogP contribution in [0.15, 0.2) is 0 Å². The fourth-order valence-electron chi connectivity index (χ4n) is 3.89. The predicted molar refractivity (Wildman–Crippen MR) is 107 cm³/mol. The molecule has 1 rings (SSSR count). The van der Waals surface area contributed by atoms with E-state index < -0.39 is 0 Å². The third-order valence-corrected chi connectivity index (χ3v) is 5.78. The summed E-state index contributed by atoms with van der Waals surface area (Å²) in [5.41, 5.74) is -0.230. The molecule has 0 aromatic carbocycles. The van der Waals surface area contributed by atoms with Gasteiger partial charge < -0.3 is 4.74 Å². The molecule has 1 heterocycles. The molecule has 1 saturated heterocycles. The van der Waals surface area contributed by atoms with Gasteiger partial charge >= 0.3 is 0 Å². The third kappa shape index (κ3) is 7.38. The van der Waals surface area contributed by atoms with E-state index in [2.05, 4.69) is 41.5 Å². The summed E-state index contributed by atoms with van der Waals surface area (Å²) in [7, 11) is 0. The highest BCUT2D eigenvalue weighted by atomic mass is 16.5. The van der Waals surface area contributed by atoms with E-state index in [4.69, 9.17) is 4.74 Å². The first kappa shape index (κ1) is 23.1. The molecular weight excluding hydrogens is 326 g/mol. The maximum atomic E-state index is 12.4. The minimum atomic E-state index is -0.333. The molecular formula is C22H41NO3. The van der Waals surface area contributed by atoms with Crippen molar-refractivity contribution in [3.8, 4) is 0 Å². The van der Waals surface area contributed by atoms with Crippen molar-refractivity contribution in [2.75, 3.05) is 13.2 Å². The molecule has 0 unspecified atom stereocenters. The number of carbonyl (C=O) groups excluding carboxylic acids is 2. The molecule has 4 nitrogen and oxygen atoms in total. The van der Waals surface area contributed by atoms with Crippen molar-refractivity contribution in [3.63, 3.8) is 0 Å². The van der Waals surface area contributed by atoms with Crippen LogP contribution in [-0.4, -0.2) is 35.5 Å². The smallest absolute Gasteiger partial charge is 0.229 e. The highest BCUT2D eigenvalue weighted by molar-refractivity contribution is 5.98. The van der Waals surface area contributed by atoms with Gasteiger partial charge in [-0.1, -0.05) is 41.5 Å². The Morgan fingerprint density at radius 1 is 1.08 bits per heavy atom. The van der Waals surface area contributed by atoms with Crippen LogP contribution >= 0.6 is 0 Å². The number of carbonyl (C=O) groups is 2. The van der Waals surface area contributed by atoms with Crippen molar-refractivity contribution in [3.05, 3.63) is 0 Å². The van der Waals surface area contributed by atoms with E-state index in [0.717, 1.165) is 12.8 Å². The fraction of sp³-hybridized carbons (Fsp3) is 0.909. The summed E-state index contributed by atoms with van der Waals surface area (Å²) in [6.45, 7) is 18.4. The van der Waals surface area contributed by atoms with Crippen LogP contribution in [0.3, 0.4) is 0 Å². The molecule has 0 aliphatic carbocycles. The first-order chi connectivity index (χ1) is 11.8. The van der Waals surface area contributed by atoms with Crippen LogP contribution in [0.5, 0.6) is 0 Å². The van der Waals surface area contributed by atoms with E-state index in [-0.39, 0.29) is 28.2 Å². The zero-order chi connectivity index (χ0) is 20.2. The van der Waals surface area contributed by atoms with Crippen LogP contribution in [0.4, 0.5) is 0 Å². The van der Waals surface area contributed by atoms with E-state index in [0.29, 0.717) is 38.3 Å². The van der Waals surface area contributed by atoms with Crippen molar-refractivity contribution in [2.45, 2.75) is 99.5 Å². The average molecular weight is 368 g/mol. The molecule has 1 aliphatic heterocycles. The molecule has 0 aromatic heterocycles. The van der Waals surface area contributed by atoms with E-state index in [9.17, 15) is 9.59 Å². The lowest BCUT2D eigenvalue weighted by molar-refractivity contribution is -0.154. The molecule has 0 spiro atoms. The van der Waals surface area contributed by atoms with Gasteiger partial charge in [-0.25, -0.2) is 0 Å². The standard InChI is InChI=1S/C22H41NO3/c1-9-22(8)15-18(24)23(19(25)16-22)12-10-21(6,7)26-13-11-20(4,5)14-17(2)3/h17H,9-16H2,1-8H3.